The molecule has 1 aliphatic heterocycles. The lowest BCUT2D eigenvalue weighted by molar-refractivity contribution is 0.392. The molecular weight excluding hydrogens is 344 g/mol. The van der Waals surface area contributed by atoms with Gasteiger partial charge in [0.1, 0.15) is 16.4 Å². The standard InChI is InChI=1S/C20H20N4OS/c1-13-6-8-16(9-7-13)22-20-17(19(25)23-26-20)18(21)24-11-10-14-4-2-3-5-15(14)12-24/h2-9,21-22H,10-12H2,1H3,(H,23,25). The maximum atomic E-state index is 12.4. The first kappa shape index (κ1) is 16.6. The number of fused-ring (bicyclic) bond motifs is 1. The summed E-state index contributed by atoms with van der Waals surface area (Å²) in [4.78, 5) is 14.3. The number of aromatic nitrogens is 1. The average Bonchev–Trinajstić information content (AvgIpc) is 3.02. The normalized spacial score (nSPS) is 13.3. The molecule has 3 N–H and O–H groups in total. The maximum absolute atomic E-state index is 12.4. The summed E-state index contributed by atoms with van der Waals surface area (Å²) in [6.07, 6.45) is 0.890. The molecule has 2 aromatic carbocycles. The number of aryl methyl sites for hydroxylation is 1. The van der Waals surface area contributed by atoms with Crippen LogP contribution >= 0.6 is 11.5 Å². The Morgan fingerprint density at radius 1 is 1.15 bits per heavy atom. The van der Waals surface area contributed by atoms with Crippen molar-refractivity contribution in [1.82, 2.24) is 9.27 Å². The summed E-state index contributed by atoms with van der Waals surface area (Å²) in [7, 11) is 0. The third kappa shape index (κ3) is 3.15. The molecule has 6 heteroatoms. The molecule has 0 radical (unpaired) electrons. The van der Waals surface area contributed by atoms with Crippen LogP contribution in [0.3, 0.4) is 0 Å². The van der Waals surface area contributed by atoms with Crippen LogP contribution in [0.1, 0.15) is 22.3 Å². The topological polar surface area (TPSA) is 72.0 Å². The molecule has 0 spiro atoms. The summed E-state index contributed by atoms with van der Waals surface area (Å²) in [6, 6.07) is 16.3. The number of nitrogens with zero attached hydrogens (tertiary/aromatic N) is 1. The fraction of sp³-hybridized carbons (Fsp3) is 0.200. The van der Waals surface area contributed by atoms with Gasteiger partial charge in [0.15, 0.2) is 0 Å². The molecule has 4 rings (SSSR count). The number of rotatable bonds is 3. The van der Waals surface area contributed by atoms with E-state index in [4.69, 9.17) is 5.41 Å². The van der Waals surface area contributed by atoms with Gasteiger partial charge in [0.25, 0.3) is 5.56 Å². The number of benzene rings is 2. The quantitative estimate of drug-likeness (QED) is 0.488. The van der Waals surface area contributed by atoms with Crippen molar-refractivity contribution in [2.45, 2.75) is 19.9 Å². The number of hydrogen-bond donors (Lipinski definition) is 3. The van der Waals surface area contributed by atoms with Crippen molar-refractivity contribution < 1.29 is 0 Å². The van der Waals surface area contributed by atoms with Gasteiger partial charge in [0, 0.05) is 18.8 Å². The van der Waals surface area contributed by atoms with Crippen LogP contribution in [0.25, 0.3) is 0 Å². The summed E-state index contributed by atoms with van der Waals surface area (Å²) in [5.41, 5.74) is 4.84. The third-order valence-electron chi connectivity index (χ3n) is 4.69. The Bertz CT molecular complexity index is 1000. The first-order valence-corrected chi connectivity index (χ1v) is 9.39. The lowest BCUT2D eigenvalue weighted by Crippen LogP contribution is -2.38. The van der Waals surface area contributed by atoms with Crippen molar-refractivity contribution in [3.05, 3.63) is 81.1 Å². The minimum Gasteiger partial charge on any atom is -0.352 e. The van der Waals surface area contributed by atoms with E-state index in [1.54, 1.807) is 0 Å². The van der Waals surface area contributed by atoms with Crippen molar-refractivity contribution >= 4 is 28.1 Å². The second kappa shape index (κ2) is 6.80. The highest BCUT2D eigenvalue weighted by Crippen LogP contribution is 2.26. The average molecular weight is 364 g/mol. The largest absolute Gasteiger partial charge is 0.352 e. The summed E-state index contributed by atoms with van der Waals surface area (Å²) >= 11 is 1.24. The molecule has 2 heterocycles. The Kier molecular flexibility index (Phi) is 4.34. The molecule has 0 fully saturated rings. The van der Waals surface area contributed by atoms with E-state index >= 15 is 0 Å². The molecule has 0 unspecified atom stereocenters. The van der Waals surface area contributed by atoms with E-state index in [1.165, 1.54) is 28.2 Å². The Morgan fingerprint density at radius 3 is 2.65 bits per heavy atom. The van der Waals surface area contributed by atoms with Crippen LogP contribution in [-0.2, 0) is 13.0 Å². The molecule has 0 bridgehead atoms. The summed E-state index contributed by atoms with van der Waals surface area (Å²) in [6.45, 7) is 3.44. The molecule has 0 atom stereocenters. The molecule has 132 valence electrons. The Labute approximate surface area is 156 Å². The van der Waals surface area contributed by atoms with Crippen molar-refractivity contribution in [2.24, 2.45) is 0 Å². The van der Waals surface area contributed by atoms with Gasteiger partial charge < -0.3 is 10.2 Å². The highest BCUT2D eigenvalue weighted by Gasteiger charge is 2.24. The molecular formula is C20H20N4OS. The van der Waals surface area contributed by atoms with Crippen LogP contribution in [-0.4, -0.2) is 21.7 Å². The second-order valence-corrected chi connectivity index (χ2v) is 7.33. The zero-order valence-corrected chi connectivity index (χ0v) is 15.3. The van der Waals surface area contributed by atoms with Gasteiger partial charge in [-0.1, -0.05) is 42.0 Å². The van der Waals surface area contributed by atoms with Gasteiger partial charge in [0.05, 0.1) is 0 Å². The van der Waals surface area contributed by atoms with Crippen molar-refractivity contribution in [3.63, 3.8) is 0 Å². The Hall–Kier alpha value is -2.86. The minimum absolute atomic E-state index is 0.214. The van der Waals surface area contributed by atoms with Gasteiger partial charge in [0.2, 0.25) is 0 Å². The van der Waals surface area contributed by atoms with Crippen LogP contribution in [0, 0.1) is 12.3 Å². The van der Waals surface area contributed by atoms with E-state index in [1.807, 2.05) is 48.2 Å². The Balaban J connectivity index is 1.60. The molecule has 0 amide bonds. The predicted octanol–water partition coefficient (Wildman–Crippen LogP) is 3.87. The number of nitrogens with one attached hydrogen (secondary N) is 3. The third-order valence-corrected chi connectivity index (χ3v) is 5.49. The predicted molar refractivity (Wildman–Crippen MR) is 107 cm³/mol. The van der Waals surface area contributed by atoms with Crippen LogP contribution < -0.4 is 10.9 Å². The van der Waals surface area contributed by atoms with E-state index < -0.39 is 0 Å². The summed E-state index contributed by atoms with van der Waals surface area (Å²) in [5, 5.41) is 12.6. The zero-order valence-electron chi connectivity index (χ0n) is 14.5. The van der Waals surface area contributed by atoms with Crippen LogP contribution in [0.15, 0.2) is 53.3 Å². The Morgan fingerprint density at radius 2 is 1.88 bits per heavy atom. The van der Waals surface area contributed by atoms with Gasteiger partial charge in [-0.25, -0.2) is 0 Å². The van der Waals surface area contributed by atoms with E-state index in [0.717, 1.165) is 18.7 Å². The van der Waals surface area contributed by atoms with Gasteiger partial charge in [-0.2, -0.15) is 0 Å². The van der Waals surface area contributed by atoms with E-state index in [9.17, 15) is 4.79 Å². The number of hydrogen-bond acceptors (Lipinski definition) is 4. The van der Waals surface area contributed by atoms with Crippen LogP contribution in [0.5, 0.6) is 0 Å². The van der Waals surface area contributed by atoms with Gasteiger partial charge in [-0.05, 0) is 48.1 Å². The molecule has 1 aliphatic rings. The highest BCUT2D eigenvalue weighted by molar-refractivity contribution is 7.10. The molecule has 5 nitrogen and oxygen atoms in total. The lowest BCUT2D eigenvalue weighted by atomic mass is 9.99. The highest BCUT2D eigenvalue weighted by atomic mass is 32.1. The fourth-order valence-electron chi connectivity index (χ4n) is 3.22. The van der Waals surface area contributed by atoms with Crippen molar-refractivity contribution in [3.8, 4) is 0 Å². The van der Waals surface area contributed by atoms with E-state index in [-0.39, 0.29) is 11.4 Å². The first-order valence-electron chi connectivity index (χ1n) is 8.57. The van der Waals surface area contributed by atoms with E-state index in [2.05, 4.69) is 21.8 Å². The molecule has 0 saturated heterocycles. The van der Waals surface area contributed by atoms with Gasteiger partial charge >= 0.3 is 0 Å². The minimum atomic E-state index is -0.214. The first-order chi connectivity index (χ1) is 12.6. The van der Waals surface area contributed by atoms with Crippen molar-refractivity contribution in [2.75, 3.05) is 11.9 Å². The molecule has 0 saturated carbocycles. The number of anilines is 2. The zero-order chi connectivity index (χ0) is 18.1. The molecule has 0 aliphatic carbocycles. The maximum Gasteiger partial charge on any atom is 0.271 e. The summed E-state index contributed by atoms with van der Waals surface area (Å²) < 4.78 is 2.76. The lowest BCUT2D eigenvalue weighted by Gasteiger charge is -2.30. The molecule has 3 aromatic rings. The molecule has 1 aromatic heterocycles. The van der Waals surface area contributed by atoms with Gasteiger partial charge in [-0.3, -0.25) is 14.6 Å². The van der Waals surface area contributed by atoms with Crippen LogP contribution in [0.4, 0.5) is 10.7 Å². The van der Waals surface area contributed by atoms with E-state index in [0.29, 0.717) is 17.1 Å². The number of amidine groups is 1. The fourth-order valence-corrected chi connectivity index (χ4v) is 3.98. The van der Waals surface area contributed by atoms with Gasteiger partial charge in [-0.15, -0.1) is 0 Å². The monoisotopic (exact) mass is 364 g/mol. The smallest absolute Gasteiger partial charge is 0.271 e. The molecule has 26 heavy (non-hydrogen) atoms. The van der Waals surface area contributed by atoms with Crippen molar-refractivity contribution in [1.29, 1.82) is 5.41 Å². The second-order valence-electron chi connectivity index (χ2n) is 6.52. The SMILES string of the molecule is Cc1ccc(Nc2s[nH]c(=O)c2C(=N)N2CCc3ccccc3C2)cc1. The number of H-pyrrole nitrogens is 1. The number of aromatic amines is 1. The van der Waals surface area contributed by atoms with Crippen LogP contribution in [0.2, 0.25) is 0 Å². The summed E-state index contributed by atoms with van der Waals surface area (Å²) in [5.74, 6) is 0.275.